The number of aliphatic hydroxyl groups is 1. The van der Waals surface area contributed by atoms with Crippen LogP contribution >= 0.6 is 27.5 Å². The van der Waals surface area contributed by atoms with Crippen molar-refractivity contribution in [1.82, 2.24) is 10.2 Å². The smallest absolute Gasteiger partial charge is 0.313 e. The van der Waals surface area contributed by atoms with Gasteiger partial charge in [0.1, 0.15) is 29.8 Å². The van der Waals surface area contributed by atoms with Crippen LogP contribution < -0.4 is 10.2 Å². The molecule has 4 heterocycles. The molecule has 2 aromatic rings. The number of hydrogen-bond acceptors (Lipinski definition) is 8. The van der Waals surface area contributed by atoms with Crippen LogP contribution in [0.25, 0.3) is 0 Å². The van der Waals surface area contributed by atoms with E-state index in [1.165, 1.54) is 12.0 Å². The number of amides is 3. The lowest BCUT2D eigenvalue weighted by atomic mass is 9.74. The monoisotopic (exact) mass is 769 g/mol. The van der Waals surface area contributed by atoms with Gasteiger partial charge in [0.2, 0.25) is 11.8 Å². The number of ether oxygens (including phenoxy) is 3. The van der Waals surface area contributed by atoms with Gasteiger partial charge in [-0.1, -0.05) is 82.1 Å². The number of para-hydroxylation sites is 1. The first kappa shape index (κ1) is 36.2. The average Bonchev–Trinajstić information content (AvgIpc) is 3.68. The van der Waals surface area contributed by atoms with Crippen LogP contribution in [0.2, 0.25) is 5.02 Å². The van der Waals surface area contributed by atoms with E-state index >= 15 is 4.79 Å². The molecule has 4 aliphatic heterocycles. The second-order valence-electron chi connectivity index (χ2n) is 13.1. The van der Waals surface area contributed by atoms with Crippen molar-refractivity contribution in [2.45, 2.75) is 62.5 Å². The molecule has 3 amide bonds. The largest absolute Gasteiger partial charge is 0.455 e. The molecular formula is C37H41BrClN3O8. The molecule has 0 aliphatic carbocycles. The Hall–Kier alpha value is -3.55. The number of nitrogens with one attached hydrogen (secondary N) is 1. The van der Waals surface area contributed by atoms with E-state index in [0.29, 0.717) is 40.0 Å². The summed E-state index contributed by atoms with van der Waals surface area (Å²) in [5, 5.41) is 12.9. The molecule has 2 aromatic carbocycles. The highest BCUT2D eigenvalue weighted by atomic mass is 79.9. The molecule has 0 radical (unpaired) electrons. The number of unbranched alkanes of at least 4 members (excludes halogenated alkanes) is 1. The lowest BCUT2D eigenvalue weighted by molar-refractivity contribution is -0.162. The number of methoxy groups -OCH3 is 1. The summed E-state index contributed by atoms with van der Waals surface area (Å²) in [7, 11) is 1.50. The van der Waals surface area contributed by atoms with Crippen LogP contribution in [-0.2, 0) is 33.4 Å². The Kier molecular flexibility index (Phi) is 11.1. The number of cyclic esters (lactones) is 1. The summed E-state index contributed by atoms with van der Waals surface area (Å²) < 4.78 is 19.0. The van der Waals surface area contributed by atoms with Crippen molar-refractivity contribution in [2.75, 3.05) is 38.3 Å². The van der Waals surface area contributed by atoms with Crippen molar-refractivity contribution >= 4 is 56.9 Å². The number of allylic oxidation sites excluding steroid dienone is 1. The van der Waals surface area contributed by atoms with E-state index < -0.39 is 59.5 Å². The molecule has 5 bridgehead atoms. The van der Waals surface area contributed by atoms with Crippen LogP contribution in [0.3, 0.4) is 0 Å². The maximum atomic E-state index is 15.1. The average molecular weight is 771 g/mol. The second-order valence-corrected chi connectivity index (χ2v) is 14.4. The summed E-state index contributed by atoms with van der Waals surface area (Å²) in [5.74, 6) is -3.98. The first-order chi connectivity index (χ1) is 24.1. The maximum Gasteiger partial charge on any atom is 0.313 e. The third kappa shape index (κ3) is 6.64. The van der Waals surface area contributed by atoms with Gasteiger partial charge in [0, 0.05) is 37.7 Å². The zero-order chi connectivity index (χ0) is 35.6. The fraction of sp³-hybridized carbons (Fsp3) is 0.459. The molecule has 2 N–H and O–H groups in total. The highest BCUT2D eigenvalue weighted by Gasteiger charge is 2.75. The molecule has 2 fully saturated rings. The van der Waals surface area contributed by atoms with Gasteiger partial charge in [0.05, 0.1) is 29.3 Å². The molecule has 0 unspecified atom stereocenters. The van der Waals surface area contributed by atoms with Crippen molar-refractivity contribution in [2.24, 2.45) is 11.8 Å². The van der Waals surface area contributed by atoms with Crippen LogP contribution in [-0.4, -0.2) is 90.9 Å². The summed E-state index contributed by atoms with van der Waals surface area (Å²) in [6, 6.07) is 12.5. The number of aliphatic hydroxyl groups excluding tert-OH is 1. The summed E-state index contributed by atoms with van der Waals surface area (Å²) in [6.45, 7) is 2.09. The van der Waals surface area contributed by atoms with Gasteiger partial charge in [-0.15, -0.1) is 0 Å². The number of halogens is 2. The third-order valence-electron chi connectivity index (χ3n) is 9.89. The molecule has 1 spiro atoms. The molecule has 4 aliphatic rings. The van der Waals surface area contributed by atoms with Gasteiger partial charge in [-0.3, -0.25) is 19.2 Å². The number of carbonyl (C=O) groups excluding carboxylic acids is 4. The van der Waals surface area contributed by atoms with Gasteiger partial charge in [-0.25, -0.2) is 0 Å². The van der Waals surface area contributed by atoms with E-state index in [-0.39, 0.29) is 38.6 Å². The fourth-order valence-corrected chi connectivity index (χ4v) is 8.77. The number of benzene rings is 2. The third-order valence-corrected chi connectivity index (χ3v) is 10.9. The van der Waals surface area contributed by atoms with E-state index in [9.17, 15) is 19.5 Å². The molecule has 7 atom stereocenters. The van der Waals surface area contributed by atoms with Crippen LogP contribution in [0, 0.1) is 18.8 Å². The number of fused-ring (bicyclic) bond motifs is 2. The Morgan fingerprint density at radius 2 is 1.82 bits per heavy atom. The topological polar surface area (TPSA) is 135 Å². The predicted molar refractivity (Wildman–Crippen MR) is 189 cm³/mol. The van der Waals surface area contributed by atoms with Crippen molar-refractivity contribution in [3.8, 4) is 0 Å². The number of nitrogens with zero attached hydrogens (tertiary/aromatic N) is 2. The second kappa shape index (κ2) is 15.4. The number of aryl methyl sites for hydroxylation is 1. The summed E-state index contributed by atoms with van der Waals surface area (Å²) in [5.41, 5.74) is 0.382. The minimum Gasteiger partial charge on any atom is -0.455 e. The van der Waals surface area contributed by atoms with Crippen LogP contribution in [0.1, 0.15) is 42.9 Å². The van der Waals surface area contributed by atoms with E-state index in [0.717, 1.165) is 5.56 Å². The molecular weight excluding hydrogens is 730 g/mol. The number of rotatable bonds is 8. The fourth-order valence-electron chi connectivity index (χ4n) is 7.71. The van der Waals surface area contributed by atoms with Crippen molar-refractivity contribution < 1.29 is 38.5 Å². The Morgan fingerprint density at radius 1 is 1.04 bits per heavy atom. The maximum absolute atomic E-state index is 15.1. The zero-order valence-corrected chi connectivity index (χ0v) is 30.3. The summed E-state index contributed by atoms with van der Waals surface area (Å²) in [4.78, 5) is 60.5. The van der Waals surface area contributed by atoms with Gasteiger partial charge in [-0.2, -0.15) is 0 Å². The van der Waals surface area contributed by atoms with Gasteiger partial charge in [-0.05, 0) is 49.5 Å². The predicted octanol–water partition coefficient (Wildman–Crippen LogP) is 4.39. The van der Waals surface area contributed by atoms with E-state index in [1.54, 1.807) is 35.2 Å². The number of anilines is 1. The number of likely N-dealkylation sites (tertiary alicyclic amines) is 1. The van der Waals surface area contributed by atoms with E-state index in [4.69, 9.17) is 25.8 Å². The minimum absolute atomic E-state index is 0.0519. The van der Waals surface area contributed by atoms with E-state index in [2.05, 4.69) is 21.2 Å². The molecule has 13 heteroatoms. The quantitative estimate of drug-likeness (QED) is 0.230. The van der Waals surface area contributed by atoms with Gasteiger partial charge < -0.3 is 34.4 Å². The Morgan fingerprint density at radius 3 is 2.54 bits per heavy atom. The number of esters is 1. The molecule has 266 valence electrons. The highest BCUT2D eigenvalue weighted by molar-refractivity contribution is 9.11. The first-order valence-electron chi connectivity index (χ1n) is 16.9. The van der Waals surface area contributed by atoms with Gasteiger partial charge in [0.15, 0.2) is 0 Å². The minimum atomic E-state index is -1.49. The van der Waals surface area contributed by atoms with Crippen molar-refractivity contribution in [1.29, 1.82) is 0 Å². The molecule has 11 nitrogen and oxygen atoms in total. The van der Waals surface area contributed by atoms with Crippen molar-refractivity contribution in [3.05, 3.63) is 87.4 Å². The molecule has 50 heavy (non-hydrogen) atoms. The lowest BCUT2D eigenvalue weighted by Crippen LogP contribution is -2.56. The highest BCUT2D eigenvalue weighted by Crippen LogP contribution is 2.59. The normalized spacial score (nSPS) is 30.6. The molecule has 0 aromatic heterocycles. The van der Waals surface area contributed by atoms with Crippen LogP contribution in [0.15, 0.2) is 71.2 Å². The first-order valence-corrected chi connectivity index (χ1v) is 18.0. The Bertz CT molecular complexity index is 1670. The van der Waals surface area contributed by atoms with Crippen LogP contribution in [0.5, 0.6) is 0 Å². The van der Waals surface area contributed by atoms with Crippen molar-refractivity contribution in [3.63, 3.8) is 0 Å². The SMILES string of the molecule is COC[C@@H]1NC(=O)CC/C=C\CN(c2c(C)cccc2Cl)C(=O)[C@H]2N(CCCCO)C(=O)[C@@H]3[C@@H](C(=O)O[C@H]1c1ccccc1)[C@@H]1O[C@@]32C=C1Br. The zero-order valence-electron chi connectivity index (χ0n) is 27.9. The molecule has 6 rings (SSSR count). The Balaban J connectivity index is 1.49. The molecule has 2 saturated heterocycles. The van der Waals surface area contributed by atoms with Crippen LogP contribution in [0.4, 0.5) is 5.69 Å². The number of hydrogen-bond donors (Lipinski definition) is 2. The van der Waals surface area contributed by atoms with Gasteiger partial charge >= 0.3 is 5.97 Å². The summed E-state index contributed by atoms with van der Waals surface area (Å²) >= 11 is 10.3. The molecule has 0 saturated carbocycles. The standard InChI is InChI=1S/C37H41BrClN3O8/c1-22-12-11-15-25(39)30(22)41-17-8-4-7-16-27(44)40-26(21-48-2)31(23-13-5-3-6-14-23)49-36(47)28-29-34(45)42(18-9-10-19-43)33(35(41)46)37(29)20-24(38)32(28)50-37/h3-6,8,11-15,20,26,28-29,31-33,43H,7,9-10,16-19,21H2,1-2H3,(H,40,44)/b8-4-/t26-,28+,29-,31-,32+,33+,37-/m0/s1. The van der Waals surface area contributed by atoms with E-state index in [1.807, 2.05) is 43.3 Å². The number of carbonyl (C=O) groups is 4. The summed E-state index contributed by atoms with van der Waals surface area (Å²) in [6.07, 6.45) is 4.91. The van der Waals surface area contributed by atoms with Gasteiger partial charge in [0.25, 0.3) is 5.91 Å². The Labute approximate surface area is 304 Å². The lowest BCUT2D eigenvalue weighted by Gasteiger charge is -2.36.